The van der Waals surface area contributed by atoms with Gasteiger partial charge >= 0.3 is 6.09 Å². The Labute approximate surface area is 163 Å². The molecule has 152 valence electrons. The van der Waals surface area contributed by atoms with Gasteiger partial charge in [0.15, 0.2) is 0 Å². The largest absolute Gasteiger partial charge is 0.444 e. The van der Waals surface area contributed by atoms with Gasteiger partial charge < -0.3 is 4.74 Å². The van der Waals surface area contributed by atoms with Crippen LogP contribution in [0.3, 0.4) is 0 Å². The number of hydrogen-bond donors (Lipinski definition) is 1. The highest BCUT2D eigenvalue weighted by Gasteiger charge is 2.37. The van der Waals surface area contributed by atoms with E-state index in [1.807, 2.05) is 13.1 Å². The van der Waals surface area contributed by atoms with Gasteiger partial charge in [0.2, 0.25) is 5.92 Å². The predicted octanol–water partition coefficient (Wildman–Crippen LogP) is 5.22. The van der Waals surface area contributed by atoms with Crippen molar-refractivity contribution in [3.63, 3.8) is 0 Å². The zero-order chi connectivity index (χ0) is 20.5. The van der Waals surface area contributed by atoms with Gasteiger partial charge in [-0.2, -0.15) is 5.10 Å². The molecule has 6 nitrogen and oxygen atoms in total. The van der Waals surface area contributed by atoms with E-state index in [9.17, 15) is 13.6 Å². The maximum absolute atomic E-state index is 13.6. The molecule has 1 fully saturated rings. The van der Waals surface area contributed by atoms with Crippen LogP contribution in [0.25, 0.3) is 5.69 Å². The van der Waals surface area contributed by atoms with Crippen LogP contribution >= 0.6 is 0 Å². The van der Waals surface area contributed by atoms with Crippen molar-refractivity contribution in [3.05, 3.63) is 35.9 Å². The first-order chi connectivity index (χ1) is 13.0. The van der Waals surface area contributed by atoms with Crippen LogP contribution in [0.15, 0.2) is 24.7 Å². The zero-order valence-electron chi connectivity index (χ0n) is 16.6. The van der Waals surface area contributed by atoms with Gasteiger partial charge in [0.25, 0.3) is 0 Å². The number of pyridine rings is 1. The van der Waals surface area contributed by atoms with Crippen molar-refractivity contribution in [3.8, 4) is 5.69 Å². The number of nitrogens with one attached hydrogen (secondary N) is 1. The SMILES string of the molecule is Cc1cnn(-c2ccnc(C3CCC(F)(F)CC3)c2NC(=O)OC(C)(C)C)c1. The number of alkyl halides is 2. The van der Waals surface area contributed by atoms with Crippen molar-refractivity contribution in [1.82, 2.24) is 14.8 Å². The molecule has 0 saturated heterocycles. The summed E-state index contributed by atoms with van der Waals surface area (Å²) in [6.45, 7) is 7.24. The molecule has 0 unspecified atom stereocenters. The molecule has 0 spiro atoms. The zero-order valence-corrected chi connectivity index (χ0v) is 16.6. The molecular weight excluding hydrogens is 366 g/mol. The number of aromatic nitrogens is 3. The first kappa shape index (κ1) is 20.2. The molecule has 2 aromatic rings. The lowest BCUT2D eigenvalue weighted by Crippen LogP contribution is -2.29. The fraction of sp³-hybridized carbons (Fsp3) is 0.550. The van der Waals surface area contributed by atoms with Gasteiger partial charge in [-0.15, -0.1) is 0 Å². The molecule has 0 aromatic carbocycles. The Morgan fingerprint density at radius 2 is 2.00 bits per heavy atom. The molecule has 1 saturated carbocycles. The lowest BCUT2D eigenvalue weighted by molar-refractivity contribution is -0.0384. The molecule has 3 rings (SSSR count). The highest BCUT2D eigenvalue weighted by Crippen LogP contribution is 2.43. The summed E-state index contributed by atoms with van der Waals surface area (Å²) in [6, 6.07) is 1.74. The third kappa shape index (κ3) is 4.85. The summed E-state index contributed by atoms with van der Waals surface area (Å²) in [6.07, 6.45) is 4.79. The molecular formula is C20H26F2N4O2. The van der Waals surface area contributed by atoms with Crippen LogP contribution in [0.1, 0.15) is 63.6 Å². The van der Waals surface area contributed by atoms with E-state index in [1.165, 1.54) is 0 Å². The van der Waals surface area contributed by atoms with E-state index in [2.05, 4.69) is 15.4 Å². The molecule has 0 bridgehead atoms. The first-order valence-electron chi connectivity index (χ1n) is 9.42. The molecule has 2 heterocycles. The van der Waals surface area contributed by atoms with Gasteiger partial charge in [-0.05, 0) is 52.2 Å². The number of ether oxygens (including phenoxy) is 1. The Bertz CT molecular complexity index is 848. The fourth-order valence-corrected chi connectivity index (χ4v) is 3.36. The minimum absolute atomic E-state index is 0.166. The molecule has 2 aromatic heterocycles. The Kier molecular flexibility index (Phi) is 5.41. The van der Waals surface area contributed by atoms with Gasteiger partial charge in [-0.3, -0.25) is 10.3 Å². The van der Waals surface area contributed by atoms with Crippen LogP contribution in [0, 0.1) is 6.92 Å². The van der Waals surface area contributed by atoms with E-state index in [-0.39, 0.29) is 18.8 Å². The lowest BCUT2D eigenvalue weighted by Gasteiger charge is -2.29. The summed E-state index contributed by atoms with van der Waals surface area (Å²) >= 11 is 0. The quantitative estimate of drug-likeness (QED) is 0.778. The summed E-state index contributed by atoms with van der Waals surface area (Å²) < 4.78 is 34.3. The normalized spacial score (nSPS) is 17.4. The number of amides is 1. The number of aryl methyl sites for hydroxylation is 1. The lowest BCUT2D eigenvalue weighted by atomic mass is 9.84. The van der Waals surface area contributed by atoms with Gasteiger partial charge in [0, 0.05) is 31.2 Å². The highest BCUT2D eigenvalue weighted by atomic mass is 19.3. The summed E-state index contributed by atoms with van der Waals surface area (Å²) in [5.41, 5.74) is 1.96. The van der Waals surface area contributed by atoms with Crippen LogP contribution in [0.5, 0.6) is 0 Å². The molecule has 0 aliphatic heterocycles. The molecule has 28 heavy (non-hydrogen) atoms. The Balaban J connectivity index is 1.98. The van der Waals surface area contributed by atoms with Crippen LogP contribution in [0.2, 0.25) is 0 Å². The van der Waals surface area contributed by atoms with Crippen molar-refractivity contribution in [1.29, 1.82) is 0 Å². The topological polar surface area (TPSA) is 69.0 Å². The van der Waals surface area contributed by atoms with E-state index < -0.39 is 17.6 Å². The molecule has 8 heteroatoms. The smallest absolute Gasteiger partial charge is 0.412 e. The van der Waals surface area contributed by atoms with Gasteiger partial charge in [0.05, 0.1) is 23.3 Å². The van der Waals surface area contributed by atoms with E-state index in [0.29, 0.717) is 29.9 Å². The minimum atomic E-state index is -2.63. The third-order valence-electron chi connectivity index (χ3n) is 4.65. The van der Waals surface area contributed by atoms with Crippen LogP contribution in [-0.4, -0.2) is 32.4 Å². The molecule has 1 aliphatic rings. The number of carbonyl (C=O) groups excluding carboxylic acids is 1. The monoisotopic (exact) mass is 392 g/mol. The van der Waals surface area contributed by atoms with Crippen LogP contribution in [-0.2, 0) is 4.74 Å². The molecule has 1 N–H and O–H groups in total. The average molecular weight is 392 g/mol. The second-order valence-corrected chi connectivity index (χ2v) is 8.31. The Morgan fingerprint density at radius 1 is 1.32 bits per heavy atom. The Morgan fingerprint density at radius 3 is 2.57 bits per heavy atom. The highest BCUT2D eigenvalue weighted by molar-refractivity contribution is 5.88. The predicted molar refractivity (Wildman–Crippen MR) is 102 cm³/mol. The Hall–Kier alpha value is -2.51. The van der Waals surface area contributed by atoms with Crippen molar-refractivity contribution in [2.45, 2.75) is 70.8 Å². The third-order valence-corrected chi connectivity index (χ3v) is 4.65. The molecule has 0 atom stereocenters. The number of anilines is 1. The maximum atomic E-state index is 13.6. The first-order valence-corrected chi connectivity index (χ1v) is 9.42. The van der Waals surface area contributed by atoms with Gasteiger partial charge in [-0.25, -0.2) is 18.3 Å². The number of halogens is 2. The van der Waals surface area contributed by atoms with Crippen LogP contribution in [0.4, 0.5) is 19.3 Å². The van der Waals surface area contributed by atoms with E-state index in [1.54, 1.807) is 43.9 Å². The molecule has 1 aliphatic carbocycles. The fourth-order valence-electron chi connectivity index (χ4n) is 3.36. The van der Waals surface area contributed by atoms with Crippen LogP contribution < -0.4 is 5.32 Å². The van der Waals surface area contributed by atoms with E-state index >= 15 is 0 Å². The summed E-state index contributed by atoms with van der Waals surface area (Å²) in [5.74, 6) is -2.80. The minimum Gasteiger partial charge on any atom is -0.444 e. The average Bonchev–Trinajstić information content (AvgIpc) is 3.00. The second kappa shape index (κ2) is 7.48. The maximum Gasteiger partial charge on any atom is 0.412 e. The second-order valence-electron chi connectivity index (χ2n) is 8.31. The van der Waals surface area contributed by atoms with Gasteiger partial charge in [-0.1, -0.05) is 0 Å². The van der Waals surface area contributed by atoms with E-state index in [4.69, 9.17) is 4.74 Å². The number of rotatable bonds is 3. The summed E-state index contributed by atoms with van der Waals surface area (Å²) in [5, 5.41) is 7.10. The summed E-state index contributed by atoms with van der Waals surface area (Å²) in [7, 11) is 0. The van der Waals surface area contributed by atoms with E-state index in [0.717, 1.165) is 5.56 Å². The summed E-state index contributed by atoms with van der Waals surface area (Å²) in [4.78, 5) is 16.9. The number of nitrogens with zero attached hydrogens (tertiary/aromatic N) is 3. The van der Waals surface area contributed by atoms with Crippen molar-refractivity contribution >= 4 is 11.8 Å². The van der Waals surface area contributed by atoms with Crippen molar-refractivity contribution < 1.29 is 18.3 Å². The number of carbonyl (C=O) groups is 1. The van der Waals surface area contributed by atoms with Gasteiger partial charge in [0.1, 0.15) is 5.60 Å². The van der Waals surface area contributed by atoms with Crippen molar-refractivity contribution in [2.75, 3.05) is 5.32 Å². The van der Waals surface area contributed by atoms with Crippen molar-refractivity contribution in [2.24, 2.45) is 0 Å². The standard InChI is InChI=1S/C20H26F2N4O2/c1-13-11-24-26(12-13)15-7-10-23-16(14-5-8-20(21,22)9-6-14)17(15)25-18(27)28-19(2,3)4/h7,10-12,14H,5-6,8-9H2,1-4H3,(H,25,27). The molecule has 0 radical (unpaired) electrons. The molecule has 1 amide bonds. The number of hydrogen-bond acceptors (Lipinski definition) is 4.